The summed E-state index contributed by atoms with van der Waals surface area (Å²) >= 11 is 0. The Morgan fingerprint density at radius 1 is 1.00 bits per heavy atom. The molecule has 90 valence electrons. The molecule has 0 aromatic rings. The van der Waals surface area contributed by atoms with E-state index >= 15 is 0 Å². The Morgan fingerprint density at radius 3 is 1.87 bits per heavy atom. The molecule has 0 fully saturated rings. The molecule has 15 heavy (non-hydrogen) atoms. The fraction of sp³-hybridized carbons (Fsp3) is 0.833. The first-order chi connectivity index (χ1) is 6.65. The van der Waals surface area contributed by atoms with E-state index in [0.717, 1.165) is 13.1 Å². The summed E-state index contributed by atoms with van der Waals surface area (Å²) in [5.41, 5.74) is 0. The standard InChI is InChI=1S/C8H19N2.C4H9.U/c1-3-10-8-6-4-5-7-9-2;1-4(2)3;/h3,9-10H,4-8H2,1-2H3;1-3H3;/q2*-1;+2. The van der Waals surface area contributed by atoms with Crippen LogP contribution in [0.4, 0.5) is 0 Å². The molecular formula is C12H28N2U. The zero-order valence-corrected chi connectivity index (χ0v) is 15.3. The molecule has 2 nitrogen and oxygen atoms in total. The van der Waals surface area contributed by atoms with Crippen LogP contribution >= 0.6 is 0 Å². The normalized spacial score (nSPS) is 9.20. The van der Waals surface area contributed by atoms with E-state index in [0.29, 0.717) is 0 Å². The molecule has 2 N–H and O–H groups in total. The van der Waals surface area contributed by atoms with Gasteiger partial charge < -0.3 is 16.6 Å². The number of hydrogen-bond acceptors (Lipinski definition) is 2. The second kappa shape index (κ2) is 20.4. The molecule has 0 rings (SSSR count). The van der Waals surface area contributed by atoms with E-state index in [1.54, 1.807) is 0 Å². The molecule has 0 amide bonds. The average Bonchev–Trinajstić information content (AvgIpc) is 2.10. The number of unbranched alkanes of at least 4 members (excludes halogenated alkanes) is 2. The van der Waals surface area contributed by atoms with Crippen LogP contribution in [0.25, 0.3) is 0 Å². The molecule has 0 spiro atoms. The smallest absolute Gasteiger partial charge is 0.470 e. The second-order valence-electron chi connectivity index (χ2n) is 3.91. The quantitative estimate of drug-likeness (QED) is 0.472. The Kier molecular flexibility index (Phi) is 28.9. The molecule has 0 radical (unpaired) electrons. The van der Waals surface area contributed by atoms with Crippen molar-refractivity contribution in [1.82, 2.24) is 10.6 Å². The summed E-state index contributed by atoms with van der Waals surface area (Å²) in [5.74, 6) is 1.42. The van der Waals surface area contributed by atoms with Crippen LogP contribution in [0.15, 0.2) is 0 Å². The van der Waals surface area contributed by atoms with Crippen LogP contribution < -0.4 is 10.6 Å². The van der Waals surface area contributed by atoms with E-state index in [2.05, 4.69) is 31.4 Å². The Labute approximate surface area is 121 Å². The van der Waals surface area contributed by atoms with Gasteiger partial charge in [0, 0.05) is 0 Å². The van der Waals surface area contributed by atoms with E-state index in [1.807, 2.05) is 20.5 Å². The van der Waals surface area contributed by atoms with E-state index in [-0.39, 0.29) is 31.1 Å². The minimum atomic E-state index is 0. The van der Waals surface area contributed by atoms with Crippen LogP contribution in [0.3, 0.4) is 0 Å². The van der Waals surface area contributed by atoms with Gasteiger partial charge in [-0.25, -0.2) is 0 Å². The van der Waals surface area contributed by atoms with E-state index in [1.165, 1.54) is 25.2 Å². The number of rotatable bonds is 7. The maximum absolute atomic E-state index is 3.18. The molecule has 0 bridgehead atoms. The van der Waals surface area contributed by atoms with Gasteiger partial charge in [0.25, 0.3) is 0 Å². The molecule has 0 atom stereocenters. The molecule has 0 aliphatic heterocycles. The van der Waals surface area contributed by atoms with Crippen LogP contribution in [0, 0.1) is 43.6 Å². The molecule has 0 aliphatic carbocycles. The van der Waals surface area contributed by atoms with Crippen molar-refractivity contribution < 1.29 is 31.1 Å². The van der Waals surface area contributed by atoms with Crippen LogP contribution in [-0.2, 0) is 0 Å². The second-order valence-corrected chi connectivity index (χ2v) is 3.91. The monoisotopic (exact) mass is 438 g/mol. The van der Waals surface area contributed by atoms with Crippen molar-refractivity contribution in [3.8, 4) is 0 Å². The Bertz CT molecular complexity index is 76.9. The summed E-state index contributed by atoms with van der Waals surface area (Å²) < 4.78 is 0. The number of nitrogens with one attached hydrogen (secondary N) is 2. The summed E-state index contributed by atoms with van der Waals surface area (Å²) in [6.45, 7) is 12.5. The molecule has 0 aliphatic rings. The minimum absolute atomic E-state index is 0. The molecule has 0 aromatic carbocycles. The third-order valence-corrected chi connectivity index (χ3v) is 1.45. The first kappa shape index (κ1) is 21.3. The topological polar surface area (TPSA) is 24.1 Å². The van der Waals surface area contributed by atoms with E-state index < -0.39 is 0 Å². The van der Waals surface area contributed by atoms with Gasteiger partial charge in [0.1, 0.15) is 0 Å². The summed E-state index contributed by atoms with van der Waals surface area (Å²) in [4.78, 5) is 0. The van der Waals surface area contributed by atoms with Crippen molar-refractivity contribution >= 4 is 0 Å². The van der Waals surface area contributed by atoms with Gasteiger partial charge in [-0.2, -0.15) is 27.7 Å². The first-order valence-corrected chi connectivity index (χ1v) is 5.57. The van der Waals surface area contributed by atoms with Crippen LogP contribution in [0.5, 0.6) is 0 Å². The van der Waals surface area contributed by atoms with Gasteiger partial charge >= 0.3 is 31.1 Å². The summed E-state index contributed by atoms with van der Waals surface area (Å²) in [5, 5.41) is 6.31. The van der Waals surface area contributed by atoms with Crippen LogP contribution in [-0.4, -0.2) is 20.1 Å². The van der Waals surface area contributed by atoms with Crippen LogP contribution in [0.2, 0.25) is 0 Å². The van der Waals surface area contributed by atoms with Gasteiger partial charge in [0.15, 0.2) is 0 Å². The zero-order chi connectivity index (χ0) is 11.2. The zero-order valence-electron chi connectivity index (χ0n) is 11.1. The summed E-state index contributed by atoms with van der Waals surface area (Å²) in [6.07, 6.45) is 3.90. The van der Waals surface area contributed by atoms with Gasteiger partial charge in [0.05, 0.1) is 0 Å². The SMILES string of the molecule is C[C-](C)C.C[CH-]NCCCCCNC.[U+2]. The molecule has 0 unspecified atom stereocenters. The molecule has 0 heterocycles. The molecule has 0 saturated heterocycles. The number of hydrogen-bond donors (Lipinski definition) is 2. The fourth-order valence-corrected chi connectivity index (χ4v) is 0.850. The third kappa shape index (κ3) is 39.6. The molecule has 0 aromatic heterocycles. The average molecular weight is 438 g/mol. The maximum Gasteiger partial charge on any atom is 2.00 e. The summed E-state index contributed by atoms with van der Waals surface area (Å²) in [6, 6.07) is 0. The van der Waals surface area contributed by atoms with Gasteiger partial charge in [-0.3, -0.25) is 6.54 Å². The fourth-order valence-electron chi connectivity index (χ4n) is 0.850. The third-order valence-electron chi connectivity index (χ3n) is 1.45. The first-order valence-electron chi connectivity index (χ1n) is 5.57. The van der Waals surface area contributed by atoms with Gasteiger partial charge in [-0.1, -0.05) is 6.42 Å². The van der Waals surface area contributed by atoms with Crippen molar-refractivity contribution in [3.63, 3.8) is 0 Å². The van der Waals surface area contributed by atoms with Crippen molar-refractivity contribution in [3.05, 3.63) is 12.5 Å². The minimum Gasteiger partial charge on any atom is -0.470 e. The van der Waals surface area contributed by atoms with Crippen molar-refractivity contribution in [2.75, 3.05) is 20.1 Å². The Hall–Kier alpha value is 0.972. The summed E-state index contributed by atoms with van der Waals surface area (Å²) in [7, 11) is 2.00. The van der Waals surface area contributed by atoms with Crippen molar-refractivity contribution in [1.29, 1.82) is 0 Å². The van der Waals surface area contributed by atoms with E-state index in [9.17, 15) is 0 Å². The van der Waals surface area contributed by atoms with Gasteiger partial charge in [0.2, 0.25) is 0 Å². The van der Waals surface area contributed by atoms with Crippen LogP contribution in [0.1, 0.15) is 47.0 Å². The van der Waals surface area contributed by atoms with Gasteiger partial charge in [-0.15, -0.1) is 0 Å². The Balaban J connectivity index is -0.000000249. The van der Waals surface area contributed by atoms with Gasteiger partial charge in [-0.05, 0) is 33.0 Å². The molecular weight excluding hydrogens is 410 g/mol. The largest absolute Gasteiger partial charge is 2.00 e. The maximum atomic E-state index is 3.18. The van der Waals surface area contributed by atoms with E-state index in [4.69, 9.17) is 0 Å². The predicted octanol–water partition coefficient (Wildman–Crippen LogP) is 2.77. The molecule has 3 heteroatoms. The molecule has 0 saturated carbocycles. The van der Waals surface area contributed by atoms with Crippen molar-refractivity contribution in [2.24, 2.45) is 0 Å². The van der Waals surface area contributed by atoms with Crippen molar-refractivity contribution in [2.45, 2.75) is 47.0 Å². The Morgan fingerprint density at radius 2 is 1.47 bits per heavy atom. The predicted molar refractivity (Wildman–Crippen MR) is 66.0 cm³/mol.